The summed E-state index contributed by atoms with van der Waals surface area (Å²) < 4.78 is 5.62. The molecular weight excluding hydrogens is 415 g/mol. The predicted octanol–water partition coefficient (Wildman–Crippen LogP) is 3.43. The van der Waals surface area contributed by atoms with Crippen LogP contribution in [0.15, 0.2) is 33.7 Å². The van der Waals surface area contributed by atoms with Crippen LogP contribution in [0.5, 0.6) is 0 Å². The van der Waals surface area contributed by atoms with E-state index in [2.05, 4.69) is 46.4 Å². The number of aliphatic imine (C=N–C) groups is 1. The number of nitrogens with one attached hydrogen (secondary N) is 1. The lowest BCUT2D eigenvalue weighted by atomic mass is 10.0. The van der Waals surface area contributed by atoms with Crippen molar-refractivity contribution in [3.05, 3.63) is 52.7 Å². The minimum absolute atomic E-state index is 0. The van der Waals surface area contributed by atoms with Gasteiger partial charge in [0.1, 0.15) is 12.3 Å². The molecule has 0 fully saturated rings. The summed E-state index contributed by atoms with van der Waals surface area (Å²) in [6.07, 6.45) is 1.05. The van der Waals surface area contributed by atoms with Crippen molar-refractivity contribution in [2.24, 2.45) is 4.99 Å². The fourth-order valence-corrected chi connectivity index (χ4v) is 2.85. The molecule has 6 heteroatoms. The quantitative estimate of drug-likeness (QED) is 0.452. The zero-order valence-corrected chi connectivity index (χ0v) is 16.8. The van der Waals surface area contributed by atoms with E-state index in [1.54, 1.807) is 0 Å². The number of oxazole rings is 1. The van der Waals surface area contributed by atoms with Crippen molar-refractivity contribution in [3.63, 3.8) is 0 Å². The van der Waals surface area contributed by atoms with Gasteiger partial charge in [0, 0.05) is 19.6 Å². The average molecular weight is 440 g/mol. The molecule has 0 aliphatic carbocycles. The van der Waals surface area contributed by atoms with Crippen molar-refractivity contribution in [1.82, 2.24) is 15.2 Å². The fourth-order valence-electron chi connectivity index (χ4n) is 2.85. The number of aryl methyl sites for hydroxylation is 2. The summed E-state index contributed by atoms with van der Waals surface area (Å²) in [5.41, 5.74) is 3.76. The van der Waals surface area contributed by atoms with Gasteiger partial charge in [-0.15, -0.1) is 24.0 Å². The SMILES string of the molecule is CCNC(=NCc1nc(C)c(C)o1)N1CCc2ccccc2C1.I. The number of fused-ring (bicyclic) bond motifs is 1. The van der Waals surface area contributed by atoms with Crippen LogP contribution in [0.3, 0.4) is 0 Å². The number of guanidine groups is 1. The lowest BCUT2D eigenvalue weighted by Gasteiger charge is -2.31. The first-order valence-electron chi connectivity index (χ1n) is 8.20. The van der Waals surface area contributed by atoms with Gasteiger partial charge in [0.15, 0.2) is 5.96 Å². The Labute approximate surface area is 160 Å². The molecule has 0 saturated heterocycles. The Hall–Kier alpha value is -1.57. The molecule has 1 N–H and O–H groups in total. The largest absolute Gasteiger partial charge is 0.444 e. The molecule has 1 aromatic heterocycles. The highest BCUT2D eigenvalue weighted by Gasteiger charge is 2.18. The Bertz CT molecular complexity index is 691. The van der Waals surface area contributed by atoms with E-state index < -0.39 is 0 Å². The molecule has 130 valence electrons. The third-order valence-corrected chi connectivity index (χ3v) is 4.20. The van der Waals surface area contributed by atoms with Crippen LogP contribution in [0, 0.1) is 13.8 Å². The van der Waals surface area contributed by atoms with E-state index in [0.717, 1.165) is 43.5 Å². The Morgan fingerprint density at radius 3 is 2.71 bits per heavy atom. The fraction of sp³-hybridized carbons (Fsp3) is 0.444. The number of halogens is 1. The first-order chi connectivity index (χ1) is 11.2. The zero-order chi connectivity index (χ0) is 16.2. The third kappa shape index (κ3) is 4.28. The molecule has 24 heavy (non-hydrogen) atoms. The zero-order valence-electron chi connectivity index (χ0n) is 14.5. The van der Waals surface area contributed by atoms with Gasteiger partial charge in [-0.2, -0.15) is 0 Å². The molecule has 1 aliphatic heterocycles. The molecule has 0 atom stereocenters. The molecule has 2 heterocycles. The van der Waals surface area contributed by atoms with Crippen LogP contribution in [-0.4, -0.2) is 28.9 Å². The molecule has 0 spiro atoms. The second-order valence-electron chi connectivity index (χ2n) is 5.86. The summed E-state index contributed by atoms with van der Waals surface area (Å²) in [4.78, 5) is 11.4. The molecule has 0 saturated carbocycles. The monoisotopic (exact) mass is 440 g/mol. The van der Waals surface area contributed by atoms with E-state index in [9.17, 15) is 0 Å². The third-order valence-electron chi connectivity index (χ3n) is 4.20. The van der Waals surface area contributed by atoms with Gasteiger partial charge < -0.3 is 14.6 Å². The van der Waals surface area contributed by atoms with Gasteiger partial charge in [-0.3, -0.25) is 0 Å². The van der Waals surface area contributed by atoms with Crippen molar-refractivity contribution in [2.75, 3.05) is 13.1 Å². The smallest absolute Gasteiger partial charge is 0.216 e. The van der Waals surface area contributed by atoms with E-state index in [1.165, 1.54) is 11.1 Å². The molecule has 3 rings (SSSR count). The topological polar surface area (TPSA) is 53.7 Å². The van der Waals surface area contributed by atoms with Crippen LogP contribution in [0.25, 0.3) is 0 Å². The Morgan fingerprint density at radius 1 is 1.29 bits per heavy atom. The Kier molecular flexibility index (Phi) is 6.65. The molecule has 0 amide bonds. The van der Waals surface area contributed by atoms with Crippen LogP contribution in [-0.2, 0) is 19.5 Å². The minimum atomic E-state index is 0. The van der Waals surface area contributed by atoms with Gasteiger partial charge >= 0.3 is 0 Å². The Morgan fingerprint density at radius 2 is 2.04 bits per heavy atom. The highest BCUT2D eigenvalue weighted by Crippen LogP contribution is 2.18. The van der Waals surface area contributed by atoms with Crippen LogP contribution in [0.2, 0.25) is 0 Å². The molecule has 0 bridgehead atoms. The second-order valence-corrected chi connectivity index (χ2v) is 5.86. The number of rotatable bonds is 3. The van der Waals surface area contributed by atoms with Crippen LogP contribution >= 0.6 is 24.0 Å². The molecule has 1 aromatic carbocycles. The predicted molar refractivity (Wildman–Crippen MR) is 107 cm³/mol. The highest BCUT2D eigenvalue weighted by atomic mass is 127. The van der Waals surface area contributed by atoms with Gasteiger partial charge in [-0.25, -0.2) is 9.98 Å². The van der Waals surface area contributed by atoms with E-state index in [1.807, 2.05) is 13.8 Å². The number of benzene rings is 1. The van der Waals surface area contributed by atoms with Gasteiger partial charge in [-0.1, -0.05) is 24.3 Å². The molecule has 0 unspecified atom stereocenters. The standard InChI is InChI=1S/C18H24N4O.HI/c1-4-19-18(20-11-17-21-13(2)14(3)23-17)22-10-9-15-7-5-6-8-16(15)12-22;/h5-8H,4,9-12H2,1-3H3,(H,19,20);1H. The van der Waals surface area contributed by atoms with Crippen LogP contribution < -0.4 is 5.32 Å². The maximum Gasteiger partial charge on any atom is 0.216 e. The number of hydrogen-bond donors (Lipinski definition) is 1. The van der Waals surface area contributed by atoms with E-state index in [0.29, 0.717) is 12.4 Å². The highest BCUT2D eigenvalue weighted by molar-refractivity contribution is 14.0. The van der Waals surface area contributed by atoms with Crippen molar-refractivity contribution in [3.8, 4) is 0 Å². The summed E-state index contributed by atoms with van der Waals surface area (Å²) in [5.74, 6) is 2.47. The lowest BCUT2D eigenvalue weighted by molar-refractivity contribution is 0.377. The molecule has 2 aromatic rings. The average Bonchev–Trinajstić information content (AvgIpc) is 2.89. The van der Waals surface area contributed by atoms with Crippen molar-refractivity contribution >= 4 is 29.9 Å². The first-order valence-corrected chi connectivity index (χ1v) is 8.20. The van der Waals surface area contributed by atoms with Crippen LogP contribution in [0.4, 0.5) is 0 Å². The Balaban J connectivity index is 0.00000208. The summed E-state index contributed by atoms with van der Waals surface area (Å²) in [7, 11) is 0. The summed E-state index contributed by atoms with van der Waals surface area (Å²) >= 11 is 0. The van der Waals surface area contributed by atoms with E-state index in [-0.39, 0.29) is 24.0 Å². The second kappa shape index (κ2) is 8.50. The molecule has 1 aliphatic rings. The maximum atomic E-state index is 5.62. The van der Waals surface area contributed by atoms with Gasteiger partial charge in [0.2, 0.25) is 5.89 Å². The van der Waals surface area contributed by atoms with Gasteiger partial charge in [0.05, 0.1) is 5.69 Å². The van der Waals surface area contributed by atoms with Gasteiger partial charge in [-0.05, 0) is 38.3 Å². The van der Waals surface area contributed by atoms with Gasteiger partial charge in [0.25, 0.3) is 0 Å². The lowest BCUT2D eigenvalue weighted by Crippen LogP contribution is -2.44. The number of aromatic nitrogens is 1. The van der Waals surface area contributed by atoms with Crippen molar-refractivity contribution in [2.45, 2.75) is 40.3 Å². The summed E-state index contributed by atoms with van der Waals surface area (Å²) in [6.45, 7) is 9.17. The van der Waals surface area contributed by atoms with E-state index >= 15 is 0 Å². The molecule has 5 nitrogen and oxygen atoms in total. The van der Waals surface area contributed by atoms with Crippen LogP contribution in [0.1, 0.15) is 35.4 Å². The molecule has 0 radical (unpaired) electrons. The molecular formula is C18H25IN4O. The minimum Gasteiger partial charge on any atom is -0.444 e. The summed E-state index contributed by atoms with van der Waals surface area (Å²) in [6, 6.07) is 8.63. The first kappa shape index (κ1) is 18.8. The van der Waals surface area contributed by atoms with E-state index in [4.69, 9.17) is 9.41 Å². The normalized spacial score (nSPS) is 14.1. The van der Waals surface area contributed by atoms with Crippen molar-refractivity contribution < 1.29 is 4.42 Å². The maximum absolute atomic E-state index is 5.62. The summed E-state index contributed by atoms with van der Waals surface area (Å²) in [5, 5.41) is 3.38. The number of hydrogen-bond acceptors (Lipinski definition) is 3. The number of nitrogens with zero attached hydrogens (tertiary/aromatic N) is 3. The van der Waals surface area contributed by atoms with Crippen molar-refractivity contribution in [1.29, 1.82) is 0 Å².